The molecule has 0 N–H and O–H groups in total. The van der Waals surface area contributed by atoms with E-state index in [1.54, 1.807) is 15.9 Å². The second-order valence-electron chi connectivity index (χ2n) is 8.34. The maximum atomic E-state index is 13.5. The van der Waals surface area contributed by atoms with E-state index < -0.39 is 0 Å². The first-order valence-corrected chi connectivity index (χ1v) is 11.3. The SMILES string of the molecule is O=C(CN1C(=O)CC(=O)N(c2ccccc2)c2ccccc21)N1CCCCc2ccccc21. The van der Waals surface area contributed by atoms with Gasteiger partial charge in [0.15, 0.2) is 0 Å². The van der Waals surface area contributed by atoms with Crippen LogP contribution in [0.1, 0.15) is 24.8 Å². The minimum Gasteiger partial charge on any atom is -0.311 e. The predicted molar refractivity (Wildman–Crippen MR) is 129 cm³/mol. The molecule has 0 aromatic heterocycles. The molecule has 0 bridgehead atoms. The van der Waals surface area contributed by atoms with Gasteiger partial charge in [0.25, 0.3) is 0 Å². The monoisotopic (exact) mass is 439 g/mol. The van der Waals surface area contributed by atoms with Crippen LogP contribution in [0.25, 0.3) is 0 Å². The Morgan fingerprint density at radius 3 is 2.18 bits per heavy atom. The Hall–Kier alpha value is -3.93. The van der Waals surface area contributed by atoms with Crippen molar-refractivity contribution >= 4 is 40.5 Å². The number of benzene rings is 3. The summed E-state index contributed by atoms with van der Waals surface area (Å²) in [6, 6.07) is 24.5. The van der Waals surface area contributed by atoms with Crippen LogP contribution in [0, 0.1) is 0 Å². The van der Waals surface area contributed by atoms with Crippen molar-refractivity contribution in [2.75, 3.05) is 27.8 Å². The molecule has 3 aromatic rings. The van der Waals surface area contributed by atoms with E-state index in [0.717, 1.165) is 30.5 Å². The molecule has 0 unspecified atom stereocenters. The quantitative estimate of drug-likeness (QED) is 0.566. The molecule has 166 valence electrons. The van der Waals surface area contributed by atoms with Crippen molar-refractivity contribution in [3.8, 4) is 0 Å². The van der Waals surface area contributed by atoms with Crippen LogP contribution < -0.4 is 14.7 Å². The highest BCUT2D eigenvalue weighted by Gasteiger charge is 2.34. The molecule has 0 aliphatic carbocycles. The van der Waals surface area contributed by atoms with Crippen molar-refractivity contribution in [1.82, 2.24) is 0 Å². The van der Waals surface area contributed by atoms with Gasteiger partial charge in [0.1, 0.15) is 13.0 Å². The van der Waals surface area contributed by atoms with Crippen molar-refractivity contribution in [3.63, 3.8) is 0 Å². The van der Waals surface area contributed by atoms with Crippen LogP contribution in [0.5, 0.6) is 0 Å². The largest absolute Gasteiger partial charge is 0.311 e. The van der Waals surface area contributed by atoms with Gasteiger partial charge in [0.05, 0.1) is 11.4 Å². The first-order valence-electron chi connectivity index (χ1n) is 11.3. The maximum Gasteiger partial charge on any atom is 0.247 e. The summed E-state index contributed by atoms with van der Waals surface area (Å²) >= 11 is 0. The number of rotatable bonds is 3. The van der Waals surface area contributed by atoms with E-state index in [1.165, 1.54) is 4.90 Å². The van der Waals surface area contributed by atoms with E-state index in [9.17, 15) is 14.4 Å². The molecule has 0 saturated carbocycles. The van der Waals surface area contributed by atoms with Gasteiger partial charge in [0, 0.05) is 17.9 Å². The molecule has 3 amide bonds. The van der Waals surface area contributed by atoms with Gasteiger partial charge >= 0.3 is 0 Å². The third-order valence-corrected chi connectivity index (χ3v) is 6.24. The predicted octanol–water partition coefficient (Wildman–Crippen LogP) is 4.46. The van der Waals surface area contributed by atoms with Crippen LogP contribution in [-0.4, -0.2) is 30.8 Å². The first-order chi connectivity index (χ1) is 16.1. The molecule has 33 heavy (non-hydrogen) atoms. The number of fused-ring (bicyclic) bond motifs is 2. The van der Waals surface area contributed by atoms with Gasteiger partial charge < -0.3 is 9.80 Å². The second-order valence-corrected chi connectivity index (χ2v) is 8.34. The summed E-state index contributed by atoms with van der Waals surface area (Å²) in [5.41, 5.74) is 3.92. The van der Waals surface area contributed by atoms with Gasteiger partial charge in [-0.05, 0) is 55.2 Å². The minimum atomic E-state index is -0.373. The van der Waals surface area contributed by atoms with Crippen molar-refractivity contribution < 1.29 is 14.4 Å². The normalized spacial score (nSPS) is 16.1. The summed E-state index contributed by atoms with van der Waals surface area (Å²) in [5.74, 6) is -0.829. The number of anilines is 4. The number of amides is 3. The first kappa shape index (κ1) is 20.9. The smallest absolute Gasteiger partial charge is 0.247 e. The molecular formula is C27H25N3O3. The van der Waals surface area contributed by atoms with E-state index in [-0.39, 0.29) is 30.7 Å². The lowest BCUT2D eigenvalue weighted by molar-refractivity contribution is -0.127. The maximum absolute atomic E-state index is 13.5. The number of hydrogen-bond acceptors (Lipinski definition) is 3. The fourth-order valence-corrected chi connectivity index (χ4v) is 4.66. The van der Waals surface area contributed by atoms with E-state index in [2.05, 4.69) is 6.07 Å². The molecule has 6 nitrogen and oxygen atoms in total. The summed E-state index contributed by atoms with van der Waals surface area (Å²) in [4.78, 5) is 44.7. The lowest BCUT2D eigenvalue weighted by Gasteiger charge is -2.28. The van der Waals surface area contributed by atoms with Crippen molar-refractivity contribution in [2.45, 2.75) is 25.7 Å². The van der Waals surface area contributed by atoms with Gasteiger partial charge in [-0.3, -0.25) is 19.3 Å². The van der Waals surface area contributed by atoms with Crippen LogP contribution in [-0.2, 0) is 20.8 Å². The minimum absolute atomic E-state index is 0.111. The number of para-hydroxylation sites is 4. The fraction of sp³-hybridized carbons (Fsp3) is 0.222. The number of nitrogens with zero attached hydrogens (tertiary/aromatic N) is 3. The van der Waals surface area contributed by atoms with E-state index >= 15 is 0 Å². The topological polar surface area (TPSA) is 60.9 Å². The average Bonchev–Trinajstić information content (AvgIpc) is 3.11. The molecule has 2 heterocycles. The second kappa shape index (κ2) is 8.90. The number of carbonyl (C=O) groups excluding carboxylic acids is 3. The van der Waals surface area contributed by atoms with Gasteiger partial charge in [-0.25, -0.2) is 0 Å². The molecule has 2 aliphatic heterocycles. The highest BCUT2D eigenvalue weighted by atomic mass is 16.2. The Morgan fingerprint density at radius 1 is 0.727 bits per heavy atom. The number of aryl methyl sites for hydroxylation is 1. The Morgan fingerprint density at radius 2 is 1.39 bits per heavy atom. The van der Waals surface area contributed by atoms with Crippen molar-refractivity contribution in [1.29, 1.82) is 0 Å². The number of carbonyl (C=O) groups is 3. The van der Waals surface area contributed by atoms with Crippen molar-refractivity contribution in [2.24, 2.45) is 0 Å². The van der Waals surface area contributed by atoms with Crippen LogP contribution in [0.3, 0.4) is 0 Å². The summed E-state index contributed by atoms with van der Waals surface area (Å²) in [5, 5.41) is 0. The Balaban J connectivity index is 1.51. The van der Waals surface area contributed by atoms with Crippen LogP contribution in [0.2, 0.25) is 0 Å². The average molecular weight is 440 g/mol. The zero-order valence-electron chi connectivity index (χ0n) is 18.3. The van der Waals surface area contributed by atoms with Gasteiger partial charge in [-0.2, -0.15) is 0 Å². The van der Waals surface area contributed by atoms with E-state index in [0.29, 0.717) is 23.6 Å². The molecule has 0 spiro atoms. The molecule has 2 aliphatic rings. The van der Waals surface area contributed by atoms with E-state index in [1.807, 2.05) is 66.7 Å². The van der Waals surface area contributed by atoms with E-state index in [4.69, 9.17) is 0 Å². The summed E-state index contributed by atoms with van der Waals surface area (Å²) in [7, 11) is 0. The highest BCUT2D eigenvalue weighted by molar-refractivity contribution is 6.19. The zero-order valence-corrected chi connectivity index (χ0v) is 18.3. The Labute approximate surface area is 193 Å². The third-order valence-electron chi connectivity index (χ3n) is 6.24. The summed E-state index contributed by atoms with van der Waals surface area (Å²) < 4.78 is 0. The van der Waals surface area contributed by atoms with Gasteiger partial charge in [-0.1, -0.05) is 48.5 Å². The molecule has 0 fully saturated rings. The van der Waals surface area contributed by atoms with Gasteiger partial charge in [-0.15, -0.1) is 0 Å². The van der Waals surface area contributed by atoms with Gasteiger partial charge in [0.2, 0.25) is 17.7 Å². The lowest BCUT2D eigenvalue weighted by atomic mass is 10.1. The molecule has 3 aromatic carbocycles. The number of hydrogen-bond donors (Lipinski definition) is 0. The zero-order chi connectivity index (χ0) is 22.8. The summed E-state index contributed by atoms with van der Waals surface area (Å²) in [6.07, 6.45) is 2.57. The Kier molecular flexibility index (Phi) is 5.65. The van der Waals surface area contributed by atoms with Crippen LogP contribution in [0.4, 0.5) is 22.7 Å². The summed E-state index contributed by atoms with van der Waals surface area (Å²) in [6.45, 7) is 0.509. The van der Waals surface area contributed by atoms with Crippen LogP contribution >= 0.6 is 0 Å². The lowest BCUT2D eigenvalue weighted by Crippen LogP contribution is -2.43. The molecular weight excluding hydrogens is 414 g/mol. The molecule has 0 radical (unpaired) electrons. The standard InChI is InChI=1S/C27H25N3O3/c31-25-18-26(32)30(21-12-2-1-3-13-21)24-16-7-6-15-23(24)29(25)19-27(33)28-17-9-8-11-20-10-4-5-14-22(20)28/h1-7,10,12-16H,8-9,11,17-19H2. The molecule has 6 heteroatoms. The van der Waals surface area contributed by atoms with Crippen molar-refractivity contribution in [3.05, 3.63) is 84.4 Å². The molecule has 5 rings (SSSR count). The Bertz CT molecular complexity index is 1210. The molecule has 0 saturated heterocycles. The van der Waals surface area contributed by atoms with Crippen LogP contribution in [0.15, 0.2) is 78.9 Å². The third kappa shape index (κ3) is 4.00. The molecule has 0 atom stereocenters. The highest BCUT2D eigenvalue weighted by Crippen LogP contribution is 2.38. The fourth-order valence-electron chi connectivity index (χ4n) is 4.66.